The molecule has 0 bridgehead atoms. The molecule has 0 aromatic heterocycles. The molecule has 21 heavy (non-hydrogen) atoms. The maximum atomic E-state index is 12.4. The summed E-state index contributed by atoms with van der Waals surface area (Å²) < 4.78 is 0. The summed E-state index contributed by atoms with van der Waals surface area (Å²) in [6.45, 7) is 0.752. The van der Waals surface area contributed by atoms with Gasteiger partial charge in [0.05, 0.1) is 10.8 Å². The van der Waals surface area contributed by atoms with Crippen molar-refractivity contribution >= 4 is 46.6 Å². The SMILES string of the molecule is O=C(CSc1cc(Cl)ccc1Cl)N1CCc2ccccc21. The first-order valence-electron chi connectivity index (χ1n) is 6.61. The average Bonchev–Trinajstić information content (AvgIpc) is 2.92. The molecule has 108 valence electrons. The molecule has 5 heteroatoms. The topological polar surface area (TPSA) is 20.3 Å². The molecule has 0 saturated carbocycles. The van der Waals surface area contributed by atoms with Crippen LogP contribution >= 0.6 is 35.0 Å². The maximum absolute atomic E-state index is 12.4. The highest BCUT2D eigenvalue weighted by Gasteiger charge is 2.24. The zero-order valence-corrected chi connectivity index (χ0v) is 13.5. The van der Waals surface area contributed by atoms with Crippen molar-refractivity contribution < 1.29 is 4.79 Å². The Morgan fingerprint density at radius 2 is 2.00 bits per heavy atom. The van der Waals surface area contributed by atoms with Crippen molar-refractivity contribution in [3.63, 3.8) is 0 Å². The monoisotopic (exact) mass is 337 g/mol. The predicted octanol–water partition coefficient (Wildman–Crippen LogP) is 4.67. The van der Waals surface area contributed by atoms with Crippen LogP contribution in [-0.4, -0.2) is 18.2 Å². The summed E-state index contributed by atoms with van der Waals surface area (Å²) in [4.78, 5) is 15.1. The molecule has 0 atom stereocenters. The van der Waals surface area contributed by atoms with Crippen molar-refractivity contribution in [2.45, 2.75) is 11.3 Å². The quantitative estimate of drug-likeness (QED) is 0.758. The third-order valence-corrected chi connectivity index (χ3v) is 5.15. The van der Waals surface area contributed by atoms with Gasteiger partial charge < -0.3 is 4.90 Å². The number of nitrogens with zero attached hydrogens (tertiary/aromatic N) is 1. The van der Waals surface area contributed by atoms with Gasteiger partial charge in [0, 0.05) is 22.2 Å². The van der Waals surface area contributed by atoms with Gasteiger partial charge in [-0.1, -0.05) is 41.4 Å². The van der Waals surface area contributed by atoms with Gasteiger partial charge in [-0.05, 0) is 36.2 Å². The van der Waals surface area contributed by atoms with Gasteiger partial charge in [-0.15, -0.1) is 11.8 Å². The Kier molecular flexibility index (Phi) is 4.43. The lowest BCUT2D eigenvalue weighted by Crippen LogP contribution is -2.30. The molecule has 0 saturated heterocycles. The first-order chi connectivity index (χ1) is 10.1. The van der Waals surface area contributed by atoms with Crippen molar-refractivity contribution in [3.05, 3.63) is 58.1 Å². The molecule has 3 rings (SSSR count). The Balaban J connectivity index is 1.69. The lowest BCUT2D eigenvalue weighted by Gasteiger charge is -2.17. The van der Waals surface area contributed by atoms with E-state index in [0.29, 0.717) is 15.8 Å². The van der Waals surface area contributed by atoms with E-state index in [0.717, 1.165) is 23.5 Å². The Bertz CT molecular complexity index is 690. The predicted molar refractivity (Wildman–Crippen MR) is 89.7 cm³/mol. The van der Waals surface area contributed by atoms with E-state index >= 15 is 0 Å². The van der Waals surface area contributed by atoms with Crippen LogP contribution in [0.2, 0.25) is 10.0 Å². The van der Waals surface area contributed by atoms with E-state index in [1.807, 2.05) is 23.1 Å². The molecule has 1 amide bonds. The van der Waals surface area contributed by atoms with E-state index < -0.39 is 0 Å². The summed E-state index contributed by atoms with van der Waals surface area (Å²) in [5.41, 5.74) is 2.26. The van der Waals surface area contributed by atoms with Gasteiger partial charge in [0.2, 0.25) is 5.91 Å². The number of carbonyl (C=O) groups is 1. The van der Waals surface area contributed by atoms with Crippen LogP contribution in [0.15, 0.2) is 47.4 Å². The standard InChI is InChI=1S/C16H13Cl2NOS/c17-12-5-6-13(18)15(9-12)21-10-16(20)19-8-7-11-3-1-2-4-14(11)19/h1-6,9H,7-8,10H2. The van der Waals surface area contributed by atoms with Crippen LogP contribution in [0.25, 0.3) is 0 Å². The summed E-state index contributed by atoms with van der Waals surface area (Å²) in [5, 5.41) is 1.25. The zero-order chi connectivity index (χ0) is 14.8. The highest BCUT2D eigenvalue weighted by Crippen LogP contribution is 2.32. The molecule has 1 aliphatic rings. The summed E-state index contributed by atoms with van der Waals surface area (Å²) in [6, 6.07) is 13.3. The lowest BCUT2D eigenvalue weighted by molar-refractivity contribution is -0.116. The van der Waals surface area contributed by atoms with Crippen molar-refractivity contribution in [2.24, 2.45) is 0 Å². The van der Waals surface area contributed by atoms with Crippen molar-refractivity contribution in [1.29, 1.82) is 0 Å². The van der Waals surface area contributed by atoms with Gasteiger partial charge in [0.25, 0.3) is 0 Å². The summed E-state index contributed by atoms with van der Waals surface area (Å²) in [5.74, 6) is 0.454. The molecule has 2 nitrogen and oxygen atoms in total. The van der Waals surface area contributed by atoms with Crippen LogP contribution in [0.3, 0.4) is 0 Å². The van der Waals surface area contributed by atoms with Gasteiger partial charge in [-0.25, -0.2) is 0 Å². The van der Waals surface area contributed by atoms with E-state index in [9.17, 15) is 4.79 Å². The molecule has 2 aromatic rings. The second kappa shape index (κ2) is 6.30. The fraction of sp³-hybridized carbons (Fsp3) is 0.188. The molecule has 0 aliphatic carbocycles. The first-order valence-corrected chi connectivity index (χ1v) is 8.35. The zero-order valence-electron chi connectivity index (χ0n) is 11.2. The van der Waals surface area contributed by atoms with Crippen LogP contribution in [0, 0.1) is 0 Å². The van der Waals surface area contributed by atoms with E-state index in [1.54, 1.807) is 18.2 Å². The first kappa shape index (κ1) is 14.8. The number of carbonyl (C=O) groups excluding carboxylic acids is 1. The number of benzene rings is 2. The maximum Gasteiger partial charge on any atom is 0.237 e. The number of hydrogen-bond donors (Lipinski definition) is 0. The van der Waals surface area contributed by atoms with Crippen molar-refractivity contribution in [1.82, 2.24) is 0 Å². The van der Waals surface area contributed by atoms with Crippen LogP contribution in [0.5, 0.6) is 0 Å². The van der Waals surface area contributed by atoms with Crippen LogP contribution < -0.4 is 4.90 Å². The number of para-hydroxylation sites is 1. The molecular formula is C16H13Cl2NOS. The summed E-state index contributed by atoms with van der Waals surface area (Å²) in [6.07, 6.45) is 0.921. The van der Waals surface area contributed by atoms with E-state index in [-0.39, 0.29) is 5.91 Å². The molecule has 1 heterocycles. The Morgan fingerprint density at radius 3 is 2.86 bits per heavy atom. The van der Waals surface area contributed by atoms with Gasteiger partial charge in [-0.3, -0.25) is 4.79 Å². The minimum Gasteiger partial charge on any atom is -0.311 e. The van der Waals surface area contributed by atoms with Gasteiger partial charge in [0.15, 0.2) is 0 Å². The van der Waals surface area contributed by atoms with Gasteiger partial charge in [0.1, 0.15) is 0 Å². The number of halogens is 2. The van der Waals surface area contributed by atoms with Gasteiger partial charge >= 0.3 is 0 Å². The molecule has 0 spiro atoms. The van der Waals surface area contributed by atoms with Crippen LogP contribution in [-0.2, 0) is 11.2 Å². The van der Waals surface area contributed by atoms with E-state index in [4.69, 9.17) is 23.2 Å². The number of rotatable bonds is 3. The minimum absolute atomic E-state index is 0.0981. The number of hydrogen-bond acceptors (Lipinski definition) is 2. The second-order valence-corrected chi connectivity index (χ2v) is 6.65. The Hall–Kier alpha value is -1.16. The molecule has 0 radical (unpaired) electrons. The number of amides is 1. The highest BCUT2D eigenvalue weighted by molar-refractivity contribution is 8.00. The fourth-order valence-corrected chi connectivity index (χ4v) is 3.77. The largest absolute Gasteiger partial charge is 0.311 e. The minimum atomic E-state index is 0.0981. The third-order valence-electron chi connectivity index (χ3n) is 3.43. The third kappa shape index (κ3) is 3.20. The molecule has 2 aromatic carbocycles. The Morgan fingerprint density at radius 1 is 1.19 bits per heavy atom. The molecule has 0 N–H and O–H groups in total. The summed E-state index contributed by atoms with van der Waals surface area (Å²) >= 11 is 13.5. The molecule has 0 fully saturated rings. The van der Waals surface area contributed by atoms with Crippen LogP contribution in [0.1, 0.15) is 5.56 Å². The number of thioether (sulfide) groups is 1. The Labute approximate surface area is 138 Å². The highest BCUT2D eigenvalue weighted by atomic mass is 35.5. The molecule has 1 aliphatic heterocycles. The lowest BCUT2D eigenvalue weighted by atomic mass is 10.2. The second-order valence-electron chi connectivity index (χ2n) is 4.79. The molecule has 0 unspecified atom stereocenters. The number of anilines is 1. The average molecular weight is 338 g/mol. The van der Waals surface area contributed by atoms with E-state index in [2.05, 4.69) is 6.07 Å². The molecular weight excluding hydrogens is 325 g/mol. The fourth-order valence-electron chi connectivity index (χ4n) is 2.40. The smallest absolute Gasteiger partial charge is 0.237 e. The number of fused-ring (bicyclic) bond motifs is 1. The normalized spacial score (nSPS) is 13.3. The van der Waals surface area contributed by atoms with Crippen molar-refractivity contribution in [2.75, 3.05) is 17.2 Å². The van der Waals surface area contributed by atoms with Crippen molar-refractivity contribution in [3.8, 4) is 0 Å². The van der Waals surface area contributed by atoms with Gasteiger partial charge in [-0.2, -0.15) is 0 Å². The van der Waals surface area contributed by atoms with E-state index in [1.165, 1.54) is 17.3 Å². The van der Waals surface area contributed by atoms with Crippen LogP contribution in [0.4, 0.5) is 5.69 Å². The summed E-state index contributed by atoms with van der Waals surface area (Å²) in [7, 11) is 0.